The molecule has 15 rings (SSSR count). The molecule has 74 heavy (non-hydrogen) atoms. The zero-order valence-electron chi connectivity index (χ0n) is 42.0. The molecule has 0 fully saturated rings. The van der Waals surface area contributed by atoms with Crippen LogP contribution in [0.3, 0.4) is 0 Å². The largest absolute Gasteiger partial charge is 0.309 e. The Labute approximate surface area is 431 Å². The lowest BCUT2D eigenvalue weighted by molar-refractivity contribution is 0.652. The molecule has 350 valence electrons. The SMILES string of the molecule is CC1(C)c2cc(-c3ccc(C=Cc4ccc5c(c4)c4ccccc4n5-c4ccccc4)cc3)ccc2-c2cc3c(cc21)-c1ccc(-c2ccc4c(c2)c2ccccc2n4-c2ccc4ccccc4c2)cc1C3(C)C. The van der Waals surface area contributed by atoms with Crippen LogP contribution >= 0.6 is 0 Å². The molecule has 0 radical (unpaired) electrons. The molecular weight excluding hydrogens is 893 g/mol. The van der Waals surface area contributed by atoms with Gasteiger partial charge < -0.3 is 9.13 Å². The average Bonchev–Trinajstić information content (AvgIpc) is 4.10. The third-order valence-corrected chi connectivity index (χ3v) is 16.9. The molecule has 11 aromatic carbocycles. The Hall–Kier alpha value is -8.98. The topological polar surface area (TPSA) is 9.86 Å². The molecule has 2 nitrogen and oxygen atoms in total. The number of rotatable bonds is 6. The normalized spacial score (nSPS) is 14.1. The first-order valence-corrected chi connectivity index (χ1v) is 26.1. The van der Waals surface area contributed by atoms with E-state index in [0.717, 1.165) is 0 Å². The van der Waals surface area contributed by atoms with Gasteiger partial charge in [-0.25, -0.2) is 0 Å². The minimum absolute atomic E-state index is 0.152. The smallest absolute Gasteiger partial charge is 0.0541 e. The second kappa shape index (κ2) is 15.8. The lowest BCUT2D eigenvalue weighted by Crippen LogP contribution is -2.17. The van der Waals surface area contributed by atoms with Gasteiger partial charge in [0.2, 0.25) is 0 Å². The summed E-state index contributed by atoms with van der Waals surface area (Å²) < 4.78 is 4.79. The Morgan fingerprint density at radius 3 is 1.41 bits per heavy atom. The van der Waals surface area contributed by atoms with E-state index in [0.29, 0.717) is 0 Å². The molecule has 0 saturated heterocycles. The van der Waals surface area contributed by atoms with Crippen LogP contribution in [0.25, 0.3) is 122 Å². The minimum atomic E-state index is -0.162. The van der Waals surface area contributed by atoms with Crippen molar-refractivity contribution in [1.82, 2.24) is 9.13 Å². The molecule has 2 heteroatoms. The fourth-order valence-electron chi connectivity index (χ4n) is 13.0. The Kier molecular flexibility index (Phi) is 9.09. The monoisotopic (exact) mass is 944 g/mol. The number of para-hydroxylation sites is 3. The molecular formula is C72H52N2. The summed E-state index contributed by atoms with van der Waals surface area (Å²) in [6, 6.07) is 86.0. The van der Waals surface area contributed by atoms with Crippen LogP contribution in [0.1, 0.15) is 61.1 Å². The number of hydrogen-bond acceptors (Lipinski definition) is 0. The minimum Gasteiger partial charge on any atom is -0.309 e. The van der Waals surface area contributed by atoms with E-state index in [2.05, 4.69) is 280 Å². The van der Waals surface area contributed by atoms with E-state index >= 15 is 0 Å². The predicted octanol–water partition coefficient (Wildman–Crippen LogP) is 19.2. The van der Waals surface area contributed by atoms with Gasteiger partial charge in [0.1, 0.15) is 0 Å². The second-order valence-corrected chi connectivity index (χ2v) is 21.8. The lowest BCUT2D eigenvalue weighted by Gasteiger charge is -2.24. The van der Waals surface area contributed by atoms with Crippen molar-refractivity contribution in [2.24, 2.45) is 0 Å². The summed E-state index contributed by atoms with van der Waals surface area (Å²) in [6.45, 7) is 9.66. The van der Waals surface area contributed by atoms with Crippen molar-refractivity contribution in [3.8, 4) is 55.9 Å². The highest BCUT2D eigenvalue weighted by Crippen LogP contribution is 2.57. The average molecular weight is 945 g/mol. The van der Waals surface area contributed by atoms with Gasteiger partial charge in [-0.05, 0) is 174 Å². The van der Waals surface area contributed by atoms with Gasteiger partial charge in [-0.15, -0.1) is 0 Å². The number of aromatic nitrogens is 2. The van der Waals surface area contributed by atoms with Crippen molar-refractivity contribution >= 4 is 66.5 Å². The molecule has 0 bridgehead atoms. The van der Waals surface area contributed by atoms with E-state index in [1.165, 1.54) is 144 Å². The number of benzene rings is 11. The van der Waals surface area contributed by atoms with Crippen molar-refractivity contribution in [2.45, 2.75) is 38.5 Å². The molecule has 2 aliphatic rings. The highest BCUT2D eigenvalue weighted by Gasteiger charge is 2.42. The van der Waals surface area contributed by atoms with Gasteiger partial charge in [0.05, 0.1) is 22.1 Å². The van der Waals surface area contributed by atoms with Gasteiger partial charge in [-0.3, -0.25) is 0 Å². The number of fused-ring (bicyclic) bond motifs is 13. The van der Waals surface area contributed by atoms with E-state index in [4.69, 9.17) is 0 Å². The molecule has 0 aliphatic heterocycles. The Bertz CT molecular complexity index is 4520. The Morgan fingerprint density at radius 2 is 0.743 bits per heavy atom. The van der Waals surface area contributed by atoms with Crippen molar-refractivity contribution in [3.05, 3.63) is 264 Å². The highest BCUT2D eigenvalue weighted by atomic mass is 15.0. The van der Waals surface area contributed by atoms with Crippen molar-refractivity contribution in [1.29, 1.82) is 0 Å². The molecule has 0 saturated carbocycles. The van der Waals surface area contributed by atoms with E-state index in [1.807, 2.05) is 0 Å². The fourth-order valence-corrected chi connectivity index (χ4v) is 13.0. The zero-order chi connectivity index (χ0) is 49.5. The van der Waals surface area contributed by atoms with Gasteiger partial charge in [0, 0.05) is 43.7 Å². The first-order valence-electron chi connectivity index (χ1n) is 26.1. The van der Waals surface area contributed by atoms with Crippen LogP contribution in [0.2, 0.25) is 0 Å². The zero-order valence-corrected chi connectivity index (χ0v) is 42.0. The van der Waals surface area contributed by atoms with Crippen LogP contribution in [0.4, 0.5) is 0 Å². The maximum atomic E-state index is 2.53. The van der Waals surface area contributed by atoms with Gasteiger partial charge in [0.25, 0.3) is 0 Å². The first-order chi connectivity index (χ1) is 36.2. The Morgan fingerprint density at radius 1 is 0.284 bits per heavy atom. The molecule has 13 aromatic rings. The predicted molar refractivity (Wildman–Crippen MR) is 314 cm³/mol. The molecule has 0 N–H and O–H groups in total. The van der Waals surface area contributed by atoms with Crippen LogP contribution < -0.4 is 0 Å². The van der Waals surface area contributed by atoms with Crippen molar-refractivity contribution in [3.63, 3.8) is 0 Å². The summed E-state index contributed by atoms with van der Waals surface area (Å²) in [7, 11) is 0. The van der Waals surface area contributed by atoms with E-state index in [1.54, 1.807) is 0 Å². The van der Waals surface area contributed by atoms with E-state index in [9.17, 15) is 0 Å². The first kappa shape index (κ1) is 42.7. The summed E-state index contributed by atoms with van der Waals surface area (Å²) in [5.74, 6) is 0. The molecule has 2 aromatic heterocycles. The summed E-state index contributed by atoms with van der Waals surface area (Å²) in [4.78, 5) is 0. The number of nitrogens with zero attached hydrogens (tertiary/aromatic N) is 2. The van der Waals surface area contributed by atoms with E-state index < -0.39 is 0 Å². The Balaban J connectivity index is 0.717. The molecule has 2 heterocycles. The number of hydrogen-bond donors (Lipinski definition) is 0. The lowest BCUT2D eigenvalue weighted by atomic mass is 9.79. The van der Waals surface area contributed by atoms with Gasteiger partial charge >= 0.3 is 0 Å². The van der Waals surface area contributed by atoms with Gasteiger partial charge in [-0.2, -0.15) is 0 Å². The van der Waals surface area contributed by atoms with Crippen LogP contribution in [0.5, 0.6) is 0 Å². The summed E-state index contributed by atoms with van der Waals surface area (Å²) in [5.41, 5.74) is 25.3. The van der Waals surface area contributed by atoms with Gasteiger partial charge in [-0.1, -0.05) is 185 Å². The van der Waals surface area contributed by atoms with Crippen LogP contribution in [-0.4, -0.2) is 9.13 Å². The maximum Gasteiger partial charge on any atom is 0.0541 e. The quantitative estimate of drug-likeness (QED) is 0.147. The van der Waals surface area contributed by atoms with Crippen LogP contribution in [-0.2, 0) is 10.8 Å². The highest BCUT2D eigenvalue weighted by molar-refractivity contribution is 6.12. The molecule has 0 unspecified atom stereocenters. The fraction of sp³-hybridized carbons (Fsp3) is 0.0833. The summed E-state index contributed by atoms with van der Waals surface area (Å²) in [6.07, 6.45) is 4.47. The van der Waals surface area contributed by atoms with Crippen LogP contribution in [0.15, 0.2) is 231 Å². The third-order valence-electron chi connectivity index (χ3n) is 16.9. The maximum absolute atomic E-state index is 2.53. The van der Waals surface area contributed by atoms with Crippen LogP contribution in [0, 0.1) is 0 Å². The van der Waals surface area contributed by atoms with Crippen molar-refractivity contribution < 1.29 is 0 Å². The standard InChI is InChI=1S/C72H52N2/c1-71(2)63-41-51(48-27-24-45(25-28-48)22-23-46-26-36-69-61(38-46)57-18-10-12-20-67(57)73(69)53-16-6-5-7-17-53)30-34-55(63)59-43-66-60(44-65(59)71)56-35-31-52(42-64(56)72(66,3)4)50-32-37-70-62(40-50)58-19-11-13-21-68(58)74(70)54-33-29-47-14-8-9-15-49(47)39-54/h5-44H,1-4H3. The second-order valence-electron chi connectivity index (χ2n) is 21.8. The molecule has 0 spiro atoms. The molecule has 0 atom stereocenters. The third kappa shape index (κ3) is 6.31. The molecule has 0 amide bonds. The van der Waals surface area contributed by atoms with E-state index in [-0.39, 0.29) is 10.8 Å². The van der Waals surface area contributed by atoms with Crippen molar-refractivity contribution in [2.75, 3.05) is 0 Å². The summed E-state index contributed by atoms with van der Waals surface area (Å²) in [5, 5.41) is 7.58. The van der Waals surface area contributed by atoms with Gasteiger partial charge in [0.15, 0.2) is 0 Å². The molecule has 2 aliphatic carbocycles. The summed E-state index contributed by atoms with van der Waals surface area (Å²) >= 11 is 0.